The highest BCUT2D eigenvalue weighted by atomic mass is 32.1. The molecule has 0 bridgehead atoms. The predicted octanol–water partition coefficient (Wildman–Crippen LogP) is 4.00. The molecule has 2 rings (SSSR count). The third-order valence-corrected chi connectivity index (χ3v) is 4.50. The Kier molecular flexibility index (Phi) is 5.02. The van der Waals surface area contributed by atoms with Crippen LogP contribution in [0.15, 0.2) is 30.3 Å². The van der Waals surface area contributed by atoms with Gasteiger partial charge in [-0.3, -0.25) is 4.79 Å². The van der Waals surface area contributed by atoms with Gasteiger partial charge >= 0.3 is 0 Å². The van der Waals surface area contributed by atoms with Crippen LogP contribution in [0.5, 0.6) is 0 Å². The largest absolute Gasteiger partial charge is 0.398 e. The second-order valence-corrected chi connectivity index (χ2v) is 6.59. The van der Waals surface area contributed by atoms with Crippen molar-refractivity contribution in [1.82, 2.24) is 4.90 Å². The molecule has 1 aromatic heterocycles. The first kappa shape index (κ1) is 15.6. The first-order valence-electron chi connectivity index (χ1n) is 7.22. The molecule has 0 atom stereocenters. The lowest BCUT2D eigenvalue weighted by atomic mass is 10.1. The van der Waals surface area contributed by atoms with Gasteiger partial charge in [0, 0.05) is 23.7 Å². The van der Waals surface area contributed by atoms with Crippen LogP contribution in [-0.4, -0.2) is 17.4 Å². The summed E-state index contributed by atoms with van der Waals surface area (Å²) in [5.41, 5.74) is 8.95. The molecule has 0 saturated carbocycles. The van der Waals surface area contributed by atoms with Gasteiger partial charge in [-0.2, -0.15) is 0 Å². The maximum Gasteiger partial charge on any atom is 0.264 e. The minimum Gasteiger partial charge on any atom is -0.398 e. The van der Waals surface area contributed by atoms with Crippen LogP contribution < -0.4 is 5.73 Å². The maximum absolute atomic E-state index is 12.7. The molecule has 0 aliphatic carbocycles. The number of rotatable bonds is 5. The van der Waals surface area contributed by atoms with Gasteiger partial charge in [0.1, 0.15) is 0 Å². The lowest BCUT2D eigenvalue weighted by Gasteiger charge is -2.21. The summed E-state index contributed by atoms with van der Waals surface area (Å²) in [6.07, 6.45) is 0.942. The third-order valence-electron chi connectivity index (χ3n) is 3.44. The summed E-state index contributed by atoms with van der Waals surface area (Å²) in [5, 5.41) is 0. The average molecular weight is 302 g/mol. The van der Waals surface area contributed by atoms with Crippen LogP contribution in [0.2, 0.25) is 0 Å². The molecule has 0 spiro atoms. The van der Waals surface area contributed by atoms with E-state index in [9.17, 15) is 4.79 Å². The highest BCUT2D eigenvalue weighted by molar-refractivity contribution is 7.14. The Morgan fingerprint density at radius 3 is 2.43 bits per heavy atom. The molecule has 1 heterocycles. The fourth-order valence-corrected chi connectivity index (χ4v) is 3.10. The average Bonchev–Trinajstić information content (AvgIpc) is 2.80. The Morgan fingerprint density at radius 2 is 1.90 bits per heavy atom. The summed E-state index contributed by atoms with van der Waals surface area (Å²) in [5.74, 6) is 0.0715. The lowest BCUT2D eigenvalue weighted by Crippen LogP contribution is -2.30. The Balaban J connectivity index is 2.17. The molecule has 0 aliphatic heterocycles. The van der Waals surface area contributed by atoms with E-state index in [4.69, 9.17) is 5.73 Å². The van der Waals surface area contributed by atoms with Crippen molar-refractivity contribution in [2.45, 2.75) is 33.7 Å². The summed E-state index contributed by atoms with van der Waals surface area (Å²) in [7, 11) is 0. The van der Waals surface area contributed by atoms with Gasteiger partial charge in [-0.15, -0.1) is 11.3 Å². The maximum atomic E-state index is 12.7. The first-order valence-corrected chi connectivity index (χ1v) is 8.03. The van der Waals surface area contributed by atoms with Crippen molar-refractivity contribution in [1.29, 1.82) is 0 Å². The van der Waals surface area contributed by atoms with Crippen LogP contribution in [0.4, 0.5) is 5.69 Å². The van der Waals surface area contributed by atoms with Crippen LogP contribution in [0.1, 0.15) is 39.0 Å². The zero-order valence-corrected chi connectivity index (χ0v) is 13.7. The van der Waals surface area contributed by atoms with E-state index in [-0.39, 0.29) is 5.91 Å². The number of aryl methyl sites for hydroxylation is 2. The number of anilines is 1. The zero-order chi connectivity index (χ0) is 15.4. The van der Waals surface area contributed by atoms with Gasteiger partial charge < -0.3 is 10.6 Å². The normalized spacial score (nSPS) is 10.6. The summed E-state index contributed by atoms with van der Waals surface area (Å²) in [4.78, 5) is 16.3. The standard InChI is InChI=1S/C17H22N2OS/c1-4-9-19(11-14-7-5-12(2)6-8-14)17(20)16-10-15(18)13(3)21-16/h5-8,10H,4,9,11,18H2,1-3H3. The highest BCUT2D eigenvalue weighted by Gasteiger charge is 2.18. The van der Waals surface area contributed by atoms with Crippen molar-refractivity contribution >= 4 is 22.9 Å². The number of nitrogen functional groups attached to an aromatic ring is 1. The number of amides is 1. The van der Waals surface area contributed by atoms with E-state index in [0.29, 0.717) is 12.2 Å². The van der Waals surface area contributed by atoms with E-state index in [2.05, 4.69) is 38.1 Å². The number of carbonyl (C=O) groups excluding carboxylic acids is 1. The second kappa shape index (κ2) is 6.76. The highest BCUT2D eigenvalue weighted by Crippen LogP contribution is 2.25. The molecule has 0 fully saturated rings. The summed E-state index contributed by atoms with van der Waals surface area (Å²) in [6.45, 7) is 7.49. The smallest absolute Gasteiger partial charge is 0.264 e. The van der Waals surface area contributed by atoms with Crippen LogP contribution in [0.3, 0.4) is 0 Å². The van der Waals surface area contributed by atoms with E-state index in [0.717, 1.165) is 28.3 Å². The zero-order valence-electron chi connectivity index (χ0n) is 12.8. The molecule has 0 saturated heterocycles. The number of thiophene rings is 1. The second-order valence-electron chi connectivity index (χ2n) is 5.33. The van der Waals surface area contributed by atoms with Crippen LogP contribution >= 0.6 is 11.3 Å². The molecule has 0 radical (unpaired) electrons. The van der Waals surface area contributed by atoms with Gasteiger partial charge in [0.05, 0.1) is 4.88 Å². The number of carbonyl (C=O) groups is 1. The van der Waals surface area contributed by atoms with Gasteiger partial charge in [0.25, 0.3) is 5.91 Å². The van der Waals surface area contributed by atoms with Crippen molar-refractivity contribution in [3.05, 3.63) is 51.2 Å². The number of nitrogens with zero attached hydrogens (tertiary/aromatic N) is 1. The van der Waals surface area contributed by atoms with Crippen molar-refractivity contribution in [2.75, 3.05) is 12.3 Å². The van der Waals surface area contributed by atoms with Crippen molar-refractivity contribution in [3.63, 3.8) is 0 Å². The topological polar surface area (TPSA) is 46.3 Å². The van der Waals surface area contributed by atoms with Crippen LogP contribution in [0, 0.1) is 13.8 Å². The van der Waals surface area contributed by atoms with Crippen LogP contribution in [-0.2, 0) is 6.54 Å². The van der Waals surface area contributed by atoms with Gasteiger partial charge in [0.15, 0.2) is 0 Å². The number of benzene rings is 1. The SMILES string of the molecule is CCCN(Cc1ccc(C)cc1)C(=O)c1cc(N)c(C)s1. The molecule has 2 N–H and O–H groups in total. The van der Waals surface area contributed by atoms with Crippen molar-refractivity contribution in [2.24, 2.45) is 0 Å². The van der Waals surface area contributed by atoms with E-state index < -0.39 is 0 Å². The predicted molar refractivity (Wildman–Crippen MR) is 89.7 cm³/mol. The molecule has 1 aromatic carbocycles. The Labute approximate surface area is 130 Å². The Morgan fingerprint density at radius 1 is 1.24 bits per heavy atom. The molecule has 1 amide bonds. The Hall–Kier alpha value is -1.81. The molecule has 0 aliphatic rings. The van der Waals surface area contributed by atoms with Gasteiger partial charge in [-0.25, -0.2) is 0 Å². The lowest BCUT2D eigenvalue weighted by molar-refractivity contribution is 0.0748. The monoisotopic (exact) mass is 302 g/mol. The molecule has 21 heavy (non-hydrogen) atoms. The molecule has 3 nitrogen and oxygen atoms in total. The summed E-state index contributed by atoms with van der Waals surface area (Å²) in [6, 6.07) is 10.1. The number of hydrogen-bond acceptors (Lipinski definition) is 3. The molecule has 0 unspecified atom stereocenters. The molecular weight excluding hydrogens is 280 g/mol. The van der Waals surface area contributed by atoms with Crippen molar-refractivity contribution < 1.29 is 4.79 Å². The van der Waals surface area contributed by atoms with E-state index in [1.165, 1.54) is 16.9 Å². The molecule has 112 valence electrons. The summed E-state index contributed by atoms with van der Waals surface area (Å²) >= 11 is 1.47. The van der Waals surface area contributed by atoms with Gasteiger partial charge in [-0.05, 0) is 31.9 Å². The van der Waals surface area contributed by atoms with E-state index in [1.54, 1.807) is 6.07 Å². The van der Waals surface area contributed by atoms with Crippen molar-refractivity contribution in [3.8, 4) is 0 Å². The number of hydrogen-bond donors (Lipinski definition) is 1. The fraction of sp³-hybridized carbons (Fsp3) is 0.353. The van der Waals surface area contributed by atoms with Gasteiger partial charge in [0.2, 0.25) is 0 Å². The Bertz CT molecular complexity index is 597. The molecular formula is C17H22N2OS. The molecule has 4 heteroatoms. The van der Waals surface area contributed by atoms with Gasteiger partial charge in [-0.1, -0.05) is 36.8 Å². The minimum atomic E-state index is 0.0715. The molecule has 2 aromatic rings. The number of nitrogens with two attached hydrogens (primary N) is 1. The first-order chi connectivity index (χ1) is 10.0. The van der Waals surface area contributed by atoms with E-state index in [1.807, 2.05) is 11.8 Å². The quantitative estimate of drug-likeness (QED) is 0.907. The van der Waals surface area contributed by atoms with Crippen LogP contribution in [0.25, 0.3) is 0 Å². The fourth-order valence-electron chi connectivity index (χ4n) is 2.19. The van der Waals surface area contributed by atoms with E-state index >= 15 is 0 Å². The minimum absolute atomic E-state index is 0.0715. The third kappa shape index (κ3) is 3.85. The summed E-state index contributed by atoms with van der Waals surface area (Å²) < 4.78 is 0.